The van der Waals surface area contributed by atoms with Gasteiger partial charge >= 0.3 is 12.1 Å². The molecule has 0 saturated carbocycles. The molecule has 0 radical (unpaired) electrons. The summed E-state index contributed by atoms with van der Waals surface area (Å²) < 4.78 is 10.1. The lowest BCUT2D eigenvalue weighted by Gasteiger charge is -2.35. The summed E-state index contributed by atoms with van der Waals surface area (Å²) >= 11 is 0. The Labute approximate surface area is 113 Å². The SMILES string of the molecule is CC[C@@]1(C(=O)OC)C[C@@H](O)CN1C(=O)OC(C)(C)C. The number of hydrogen-bond acceptors (Lipinski definition) is 5. The number of ether oxygens (including phenoxy) is 2. The fraction of sp³-hybridized carbons (Fsp3) is 0.846. The molecule has 1 aliphatic rings. The predicted octanol–water partition coefficient (Wildman–Crippen LogP) is 1.31. The van der Waals surface area contributed by atoms with E-state index in [0.29, 0.717) is 6.42 Å². The van der Waals surface area contributed by atoms with E-state index in [1.54, 1.807) is 27.7 Å². The Balaban J connectivity index is 3.02. The molecule has 0 aromatic carbocycles. The highest BCUT2D eigenvalue weighted by Crippen LogP contribution is 2.35. The van der Waals surface area contributed by atoms with Crippen molar-refractivity contribution in [1.82, 2.24) is 4.90 Å². The zero-order valence-corrected chi connectivity index (χ0v) is 12.2. The Kier molecular flexibility index (Phi) is 4.45. The van der Waals surface area contributed by atoms with E-state index in [2.05, 4.69) is 0 Å². The molecule has 1 N–H and O–H groups in total. The summed E-state index contributed by atoms with van der Waals surface area (Å²) in [5.74, 6) is -0.516. The molecule has 1 fully saturated rings. The first-order valence-corrected chi connectivity index (χ1v) is 6.43. The molecule has 0 bridgehead atoms. The number of carbonyl (C=O) groups is 2. The Morgan fingerprint density at radius 2 is 2.00 bits per heavy atom. The van der Waals surface area contributed by atoms with Gasteiger partial charge in [0.25, 0.3) is 0 Å². The summed E-state index contributed by atoms with van der Waals surface area (Å²) in [5, 5.41) is 9.80. The van der Waals surface area contributed by atoms with Gasteiger partial charge in [0.15, 0.2) is 0 Å². The number of nitrogens with zero attached hydrogens (tertiary/aromatic N) is 1. The van der Waals surface area contributed by atoms with Crippen LogP contribution < -0.4 is 0 Å². The van der Waals surface area contributed by atoms with Gasteiger partial charge < -0.3 is 14.6 Å². The van der Waals surface area contributed by atoms with E-state index in [-0.39, 0.29) is 13.0 Å². The van der Waals surface area contributed by atoms with E-state index in [1.807, 2.05) is 0 Å². The number of hydrogen-bond donors (Lipinski definition) is 1. The average Bonchev–Trinajstić information content (AvgIpc) is 2.64. The van der Waals surface area contributed by atoms with E-state index >= 15 is 0 Å². The summed E-state index contributed by atoms with van der Waals surface area (Å²) in [6.07, 6.45) is -0.798. The molecule has 19 heavy (non-hydrogen) atoms. The normalized spacial score (nSPS) is 27.3. The highest BCUT2D eigenvalue weighted by molar-refractivity contribution is 5.86. The van der Waals surface area contributed by atoms with Crippen molar-refractivity contribution < 1.29 is 24.2 Å². The lowest BCUT2D eigenvalue weighted by atomic mass is 9.92. The largest absolute Gasteiger partial charge is 0.467 e. The highest BCUT2D eigenvalue weighted by Gasteiger charge is 2.53. The van der Waals surface area contributed by atoms with Gasteiger partial charge in [0, 0.05) is 6.42 Å². The molecule has 110 valence electrons. The van der Waals surface area contributed by atoms with Crippen molar-refractivity contribution in [3.8, 4) is 0 Å². The number of rotatable bonds is 2. The number of β-amino-alcohol motifs (C(OH)–C–C–N with tert-alkyl or cyclic N) is 1. The van der Waals surface area contributed by atoms with E-state index in [1.165, 1.54) is 12.0 Å². The molecule has 1 aliphatic heterocycles. The maximum Gasteiger partial charge on any atom is 0.411 e. The van der Waals surface area contributed by atoms with Crippen molar-refractivity contribution in [2.75, 3.05) is 13.7 Å². The first kappa shape index (κ1) is 15.8. The topological polar surface area (TPSA) is 76.1 Å². The molecule has 0 aliphatic carbocycles. The third-order valence-corrected chi connectivity index (χ3v) is 3.25. The maximum atomic E-state index is 12.2. The fourth-order valence-electron chi connectivity index (χ4n) is 2.38. The van der Waals surface area contributed by atoms with Crippen LogP contribution in [0.3, 0.4) is 0 Å². The van der Waals surface area contributed by atoms with Crippen molar-refractivity contribution in [2.24, 2.45) is 0 Å². The van der Waals surface area contributed by atoms with Crippen LogP contribution in [0.15, 0.2) is 0 Å². The molecule has 0 aromatic heterocycles. The second-order valence-corrected chi connectivity index (χ2v) is 5.83. The molecule has 1 heterocycles. The lowest BCUT2D eigenvalue weighted by Crippen LogP contribution is -2.54. The molecule has 6 nitrogen and oxygen atoms in total. The van der Waals surface area contributed by atoms with Crippen molar-refractivity contribution in [3.05, 3.63) is 0 Å². The zero-order valence-electron chi connectivity index (χ0n) is 12.2. The minimum absolute atomic E-state index is 0.0812. The fourth-order valence-corrected chi connectivity index (χ4v) is 2.38. The van der Waals surface area contributed by atoms with E-state index < -0.39 is 29.3 Å². The van der Waals surface area contributed by atoms with Gasteiger partial charge in [-0.3, -0.25) is 4.90 Å². The lowest BCUT2D eigenvalue weighted by molar-refractivity contribution is -0.153. The van der Waals surface area contributed by atoms with Crippen LogP contribution in [0.1, 0.15) is 40.5 Å². The van der Waals surface area contributed by atoms with Crippen LogP contribution in [-0.4, -0.2) is 53.0 Å². The summed E-state index contributed by atoms with van der Waals surface area (Å²) in [6.45, 7) is 7.12. The Morgan fingerprint density at radius 1 is 1.42 bits per heavy atom. The predicted molar refractivity (Wildman–Crippen MR) is 68.6 cm³/mol. The van der Waals surface area contributed by atoms with Crippen LogP contribution in [0.2, 0.25) is 0 Å². The van der Waals surface area contributed by atoms with Crippen LogP contribution in [0.4, 0.5) is 4.79 Å². The minimum atomic E-state index is -1.13. The molecule has 1 rings (SSSR count). The Morgan fingerprint density at radius 3 is 2.42 bits per heavy atom. The first-order chi connectivity index (χ1) is 8.66. The molecule has 1 saturated heterocycles. The Bertz CT molecular complexity index is 363. The summed E-state index contributed by atoms with van der Waals surface area (Å²) in [7, 11) is 1.28. The van der Waals surface area contributed by atoms with Gasteiger partial charge in [-0.05, 0) is 27.2 Å². The van der Waals surface area contributed by atoms with Crippen LogP contribution in [-0.2, 0) is 14.3 Å². The average molecular weight is 273 g/mol. The van der Waals surface area contributed by atoms with Gasteiger partial charge in [0.1, 0.15) is 11.1 Å². The van der Waals surface area contributed by atoms with Crippen LogP contribution >= 0.6 is 0 Å². The first-order valence-electron chi connectivity index (χ1n) is 6.43. The number of likely N-dealkylation sites (tertiary alicyclic amines) is 1. The second kappa shape index (κ2) is 5.36. The molecule has 6 heteroatoms. The second-order valence-electron chi connectivity index (χ2n) is 5.83. The highest BCUT2D eigenvalue weighted by atomic mass is 16.6. The molecule has 2 atom stereocenters. The van der Waals surface area contributed by atoms with Gasteiger partial charge in [0.2, 0.25) is 0 Å². The number of esters is 1. The monoisotopic (exact) mass is 273 g/mol. The van der Waals surface area contributed by atoms with E-state index in [9.17, 15) is 14.7 Å². The quantitative estimate of drug-likeness (QED) is 0.768. The van der Waals surface area contributed by atoms with Crippen LogP contribution in [0, 0.1) is 0 Å². The molecule has 0 spiro atoms. The van der Waals surface area contributed by atoms with E-state index in [0.717, 1.165) is 0 Å². The molecule has 0 aromatic rings. The zero-order chi connectivity index (χ0) is 14.8. The third-order valence-electron chi connectivity index (χ3n) is 3.25. The van der Waals surface area contributed by atoms with Gasteiger partial charge in [0.05, 0.1) is 19.8 Å². The van der Waals surface area contributed by atoms with Crippen LogP contribution in [0.25, 0.3) is 0 Å². The molecular weight excluding hydrogens is 250 g/mol. The summed E-state index contributed by atoms with van der Waals surface area (Å²) in [6, 6.07) is 0. The number of carbonyl (C=O) groups excluding carboxylic acids is 2. The number of aliphatic hydroxyl groups is 1. The maximum absolute atomic E-state index is 12.2. The number of aliphatic hydroxyl groups excluding tert-OH is 1. The number of methoxy groups -OCH3 is 1. The van der Waals surface area contributed by atoms with Gasteiger partial charge in [-0.2, -0.15) is 0 Å². The van der Waals surface area contributed by atoms with Crippen LogP contribution in [0.5, 0.6) is 0 Å². The van der Waals surface area contributed by atoms with Crippen molar-refractivity contribution in [2.45, 2.75) is 57.8 Å². The van der Waals surface area contributed by atoms with Gasteiger partial charge in [-0.25, -0.2) is 9.59 Å². The molecule has 1 amide bonds. The van der Waals surface area contributed by atoms with Crippen molar-refractivity contribution >= 4 is 12.1 Å². The minimum Gasteiger partial charge on any atom is -0.467 e. The van der Waals surface area contributed by atoms with Gasteiger partial charge in [-0.15, -0.1) is 0 Å². The van der Waals surface area contributed by atoms with Crippen molar-refractivity contribution in [1.29, 1.82) is 0 Å². The third kappa shape index (κ3) is 3.18. The standard InChI is InChI=1S/C13H23NO5/c1-6-13(10(16)18-5)7-9(15)8-14(13)11(17)19-12(2,3)4/h9,15H,6-8H2,1-5H3/t9-,13+/m1/s1. The number of amides is 1. The molecular formula is C13H23NO5. The Hall–Kier alpha value is -1.30. The van der Waals surface area contributed by atoms with Gasteiger partial charge in [-0.1, -0.05) is 6.92 Å². The summed E-state index contributed by atoms with van der Waals surface area (Å²) in [4.78, 5) is 25.5. The molecule has 0 unspecified atom stereocenters. The smallest absolute Gasteiger partial charge is 0.411 e. The van der Waals surface area contributed by atoms with Crippen molar-refractivity contribution in [3.63, 3.8) is 0 Å². The summed E-state index contributed by atoms with van der Waals surface area (Å²) in [5.41, 5.74) is -1.78. The van der Waals surface area contributed by atoms with E-state index in [4.69, 9.17) is 9.47 Å².